The average Bonchev–Trinajstić information content (AvgIpc) is 2.28. The number of hydrogen-bond donors (Lipinski definition) is 2. The van der Waals surface area contributed by atoms with Gasteiger partial charge < -0.3 is 15.8 Å². The Kier molecular flexibility index (Phi) is 4.74. The van der Waals surface area contributed by atoms with Gasteiger partial charge in [0.05, 0.1) is 11.5 Å². The van der Waals surface area contributed by atoms with Crippen LogP contribution >= 0.6 is 0 Å². The quantitative estimate of drug-likeness (QED) is 0.756. The molecule has 0 radical (unpaired) electrons. The van der Waals surface area contributed by atoms with Crippen LogP contribution in [0.15, 0.2) is 0 Å². The molecular weight excluding hydrogens is 204 g/mol. The molecule has 1 saturated heterocycles. The second-order valence-electron chi connectivity index (χ2n) is 4.99. The van der Waals surface area contributed by atoms with E-state index in [-0.39, 0.29) is 18.1 Å². The van der Waals surface area contributed by atoms with Crippen molar-refractivity contribution in [3.8, 4) is 0 Å². The van der Waals surface area contributed by atoms with Gasteiger partial charge in [0, 0.05) is 19.2 Å². The van der Waals surface area contributed by atoms with Crippen LogP contribution in [0.3, 0.4) is 0 Å². The van der Waals surface area contributed by atoms with Gasteiger partial charge in [0.2, 0.25) is 5.91 Å². The van der Waals surface area contributed by atoms with Crippen LogP contribution in [0.5, 0.6) is 0 Å². The number of nitrogens with two attached hydrogens (primary N) is 1. The van der Waals surface area contributed by atoms with E-state index in [9.17, 15) is 4.79 Å². The Balaban J connectivity index is 2.50. The zero-order chi connectivity index (χ0) is 12.2. The Hall–Kier alpha value is -0.610. The lowest BCUT2D eigenvalue weighted by molar-refractivity contribution is -0.131. The number of carbonyl (C=O) groups excluding carboxylic acids is 1. The van der Waals surface area contributed by atoms with Crippen molar-refractivity contribution in [1.82, 2.24) is 5.32 Å². The zero-order valence-corrected chi connectivity index (χ0v) is 10.6. The smallest absolute Gasteiger partial charge is 0.227 e. The third-order valence-corrected chi connectivity index (χ3v) is 3.60. The molecule has 0 aromatic carbocycles. The SMILES string of the molecule is CCC(C)(CN)C(=O)NC1CCOC(C)C1. The standard InChI is InChI=1S/C12H24N2O2/c1-4-12(3,8-13)11(15)14-10-5-6-16-9(2)7-10/h9-10H,4-8,13H2,1-3H3,(H,14,15). The zero-order valence-electron chi connectivity index (χ0n) is 10.6. The molecule has 1 fully saturated rings. The van der Waals surface area contributed by atoms with Crippen LogP contribution in [0.25, 0.3) is 0 Å². The van der Waals surface area contributed by atoms with E-state index in [1.54, 1.807) is 0 Å². The molecule has 0 saturated carbocycles. The molecule has 1 aliphatic rings. The van der Waals surface area contributed by atoms with E-state index in [1.165, 1.54) is 0 Å². The molecule has 3 N–H and O–H groups in total. The van der Waals surface area contributed by atoms with Gasteiger partial charge in [-0.25, -0.2) is 0 Å². The minimum absolute atomic E-state index is 0.0802. The fraction of sp³-hybridized carbons (Fsp3) is 0.917. The second kappa shape index (κ2) is 5.64. The van der Waals surface area contributed by atoms with E-state index in [0.717, 1.165) is 25.9 Å². The molecule has 1 heterocycles. The highest BCUT2D eigenvalue weighted by molar-refractivity contribution is 5.82. The van der Waals surface area contributed by atoms with Crippen molar-refractivity contribution in [1.29, 1.82) is 0 Å². The van der Waals surface area contributed by atoms with E-state index in [4.69, 9.17) is 10.5 Å². The topological polar surface area (TPSA) is 64.4 Å². The normalized spacial score (nSPS) is 29.5. The van der Waals surface area contributed by atoms with Crippen LogP contribution in [0.1, 0.15) is 40.0 Å². The predicted octanol–water partition coefficient (Wildman–Crippen LogP) is 1.05. The second-order valence-corrected chi connectivity index (χ2v) is 4.99. The molecule has 0 aromatic rings. The fourth-order valence-electron chi connectivity index (χ4n) is 1.89. The minimum Gasteiger partial charge on any atom is -0.378 e. The van der Waals surface area contributed by atoms with E-state index in [0.29, 0.717) is 6.54 Å². The van der Waals surface area contributed by atoms with Gasteiger partial charge in [0.1, 0.15) is 0 Å². The highest BCUT2D eigenvalue weighted by Crippen LogP contribution is 2.21. The number of amides is 1. The van der Waals surface area contributed by atoms with E-state index in [1.807, 2.05) is 20.8 Å². The first-order chi connectivity index (χ1) is 7.51. The molecule has 1 aliphatic heterocycles. The van der Waals surface area contributed by atoms with Gasteiger partial charge in [-0.15, -0.1) is 0 Å². The molecule has 3 atom stereocenters. The molecule has 1 rings (SSSR count). The highest BCUT2D eigenvalue weighted by atomic mass is 16.5. The first-order valence-corrected chi connectivity index (χ1v) is 6.14. The Bertz CT molecular complexity index is 239. The van der Waals surface area contributed by atoms with Gasteiger partial charge >= 0.3 is 0 Å². The van der Waals surface area contributed by atoms with Crippen LogP contribution in [0.4, 0.5) is 0 Å². The van der Waals surface area contributed by atoms with Crippen molar-refractivity contribution in [2.45, 2.75) is 52.2 Å². The highest BCUT2D eigenvalue weighted by Gasteiger charge is 2.32. The summed E-state index contributed by atoms with van der Waals surface area (Å²) in [5.41, 5.74) is 5.24. The first-order valence-electron chi connectivity index (χ1n) is 6.14. The molecule has 16 heavy (non-hydrogen) atoms. The van der Waals surface area contributed by atoms with Gasteiger partial charge in [-0.05, 0) is 33.1 Å². The molecule has 0 spiro atoms. The lowest BCUT2D eigenvalue weighted by Gasteiger charge is -2.32. The van der Waals surface area contributed by atoms with Crippen molar-refractivity contribution < 1.29 is 9.53 Å². The van der Waals surface area contributed by atoms with E-state index < -0.39 is 5.41 Å². The van der Waals surface area contributed by atoms with Crippen LogP contribution in [0, 0.1) is 5.41 Å². The summed E-state index contributed by atoms with van der Waals surface area (Å²) in [6, 6.07) is 0.244. The van der Waals surface area contributed by atoms with Crippen molar-refractivity contribution >= 4 is 5.91 Å². The Labute approximate surface area is 97.9 Å². The molecule has 4 heteroatoms. The average molecular weight is 228 g/mol. The lowest BCUT2D eigenvalue weighted by Crippen LogP contribution is -2.49. The van der Waals surface area contributed by atoms with Crippen LogP contribution in [-0.4, -0.2) is 31.2 Å². The Morgan fingerprint density at radius 1 is 1.62 bits per heavy atom. The Morgan fingerprint density at radius 2 is 2.31 bits per heavy atom. The molecule has 3 unspecified atom stereocenters. The number of hydrogen-bond acceptors (Lipinski definition) is 3. The summed E-state index contributed by atoms with van der Waals surface area (Å²) in [6.07, 6.45) is 2.81. The number of nitrogens with one attached hydrogen (secondary N) is 1. The summed E-state index contributed by atoms with van der Waals surface area (Å²) >= 11 is 0. The lowest BCUT2D eigenvalue weighted by atomic mass is 9.86. The van der Waals surface area contributed by atoms with Crippen molar-refractivity contribution in [2.24, 2.45) is 11.1 Å². The van der Waals surface area contributed by atoms with Crippen LogP contribution in [-0.2, 0) is 9.53 Å². The predicted molar refractivity (Wildman–Crippen MR) is 64.0 cm³/mol. The van der Waals surface area contributed by atoms with Crippen molar-refractivity contribution in [3.05, 3.63) is 0 Å². The van der Waals surface area contributed by atoms with E-state index >= 15 is 0 Å². The maximum absolute atomic E-state index is 12.1. The Morgan fingerprint density at radius 3 is 2.81 bits per heavy atom. The molecule has 4 nitrogen and oxygen atoms in total. The third kappa shape index (κ3) is 3.19. The maximum Gasteiger partial charge on any atom is 0.227 e. The van der Waals surface area contributed by atoms with Gasteiger partial charge in [-0.2, -0.15) is 0 Å². The van der Waals surface area contributed by atoms with Gasteiger partial charge in [0.15, 0.2) is 0 Å². The molecule has 94 valence electrons. The van der Waals surface area contributed by atoms with Crippen molar-refractivity contribution in [2.75, 3.05) is 13.2 Å². The summed E-state index contributed by atoms with van der Waals surface area (Å²) < 4.78 is 5.45. The maximum atomic E-state index is 12.1. The summed E-state index contributed by atoms with van der Waals surface area (Å²) in [6.45, 7) is 7.09. The van der Waals surface area contributed by atoms with Crippen molar-refractivity contribution in [3.63, 3.8) is 0 Å². The number of rotatable bonds is 4. The summed E-state index contributed by atoms with van der Waals surface area (Å²) in [5, 5.41) is 3.09. The number of carbonyl (C=O) groups is 1. The van der Waals surface area contributed by atoms with Gasteiger partial charge in [-0.3, -0.25) is 4.79 Å². The van der Waals surface area contributed by atoms with Crippen LogP contribution < -0.4 is 11.1 Å². The largest absolute Gasteiger partial charge is 0.378 e. The van der Waals surface area contributed by atoms with Gasteiger partial charge in [0.25, 0.3) is 0 Å². The molecule has 0 aromatic heterocycles. The molecule has 1 amide bonds. The minimum atomic E-state index is -0.429. The summed E-state index contributed by atoms with van der Waals surface area (Å²) in [4.78, 5) is 12.1. The third-order valence-electron chi connectivity index (χ3n) is 3.60. The summed E-state index contributed by atoms with van der Waals surface area (Å²) in [5.74, 6) is 0.0802. The summed E-state index contributed by atoms with van der Waals surface area (Å²) in [7, 11) is 0. The fourth-order valence-corrected chi connectivity index (χ4v) is 1.89. The van der Waals surface area contributed by atoms with E-state index in [2.05, 4.69) is 5.32 Å². The van der Waals surface area contributed by atoms with Gasteiger partial charge in [-0.1, -0.05) is 6.92 Å². The monoisotopic (exact) mass is 228 g/mol. The molecule has 0 aliphatic carbocycles. The number of ether oxygens (including phenoxy) is 1. The molecule has 0 bridgehead atoms. The molecular formula is C12H24N2O2. The van der Waals surface area contributed by atoms with Crippen LogP contribution in [0.2, 0.25) is 0 Å². The first kappa shape index (κ1) is 13.5.